The first kappa shape index (κ1) is 17.8. The molecule has 1 unspecified atom stereocenters. The van der Waals surface area contributed by atoms with Crippen molar-refractivity contribution in [2.24, 2.45) is 5.10 Å². The van der Waals surface area contributed by atoms with E-state index in [0.29, 0.717) is 24.3 Å². The van der Waals surface area contributed by atoms with E-state index in [1.165, 1.54) is 0 Å². The molecule has 1 atom stereocenters. The van der Waals surface area contributed by atoms with Crippen LogP contribution >= 0.6 is 0 Å². The highest BCUT2D eigenvalue weighted by Gasteiger charge is 2.24. The number of hydrogen-bond donors (Lipinski definition) is 1. The average molecular weight is 354 g/mol. The minimum atomic E-state index is -0.103. The van der Waals surface area contributed by atoms with Gasteiger partial charge in [-0.25, -0.2) is 5.43 Å². The summed E-state index contributed by atoms with van der Waals surface area (Å²) < 4.78 is 16.0. The van der Waals surface area contributed by atoms with E-state index in [9.17, 15) is 4.79 Å². The topological polar surface area (TPSA) is 69.2 Å². The molecule has 1 aliphatic heterocycles. The fraction of sp³-hybridized carbons (Fsp3) is 0.300. The maximum atomic E-state index is 12.1. The van der Waals surface area contributed by atoms with Crippen molar-refractivity contribution in [1.82, 2.24) is 5.43 Å². The fourth-order valence-electron chi connectivity index (χ4n) is 3.07. The number of nitrogens with one attached hydrogen (secondary N) is 1. The van der Waals surface area contributed by atoms with Crippen molar-refractivity contribution < 1.29 is 19.0 Å². The van der Waals surface area contributed by atoms with Crippen LogP contribution in [0.4, 0.5) is 0 Å². The molecule has 136 valence electrons. The van der Waals surface area contributed by atoms with Crippen molar-refractivity contribution in [3.8, 4) is 17.2 Å². The van der Waals surface area contributed by atoms with Crippen molar-refractivity contribution in [2.45, 2.75) is 18.8 Å². The van der Waals surface area contributed by atoms with E-state index in [-0.39, 0.29) is 11.8 Å². The molecule has 6 heteroatoms. The lowest BCUT2D eigenvalue weighted by molar-refractivity contribution is -0.121. The molecule has 1 heterocycles. The molecular weight excluding hydrogens is 332 g/mol. The molecule has 2 aromatic rings. The van der Waals surface area contributed by atoms with Crippen molar-refractivity contribution in [2.75, 3.05) is 21.3 Å². The Morgan fingerprint density at radius 3 is 2.27 bits per heavy atom. The van der Waals surface area contributed by atoms with Gasteiger partial charge in [0.05, 0.1) is 27.0 Å². The zero-order valence-electron chi connectivity index (χ0n) is 15.1. The Morgan fingerprint density at radius 1 is 0.923 bits per heavy atom. The second kappa shape index (κ2) is 7.91. The fourth-order valence-corrected chi connectivity index (χ4v) is 3.07. The largest absolute Gasteiger partial charge is 0.497 e. The summed E-state index contributed by atoms with van der Waals surface area (Å²) in [5, 5.41) is 4.32. The Bertz CT molecular complexity index is 815. The first-order valence-electron chi connectivity index (χ1n) is 8.36. The lowest BCUT2D eigenvalue weighted by Crippen LogP contribution is -2.17. The zero-order valence-corrected chi connectivity index (χ0v) is 15.1. The van der Waals surface area contributed by atoms with Gasteiger partial charge in [0, 0.05) is 18.1 Å². The van der Waals surface area contributed by atoms with Gasteiger partial charge in [0.1, 0.15) is 17.2 Å². The molecule has 1 aliphatic rings. The summed E-state index contributed by atoms with van der Waals surface area (Å²) >= 11 is 0. The summed E-state index contributed by atoms with van der Waals surface area (Å²) in [4.78, 5) is 12.1. The first-order chi connectivity index (χ1) is 12.6. The van der Waals surface area contributed by atoms with Crippen LogP contribution in [0.25, 0.3) is 0 Å². The third-order valence-corrected chi connectivity index (χ3v) is 4.49. The highest BCUT2D eigenvalue weighted by Crippen LogP contribution is 2.32. The molecule has 0 fully saturated rings. The number of carbonyl (C=O) groups is 1. The van der Waals surface area contributed by atoms with E-state index in [1.807, 2.05) is 42.5 Å². The van der Waals surface area contributed by atoms with E-state index >= 15 is 0 Å². The van der Waals surface area contributed by atoms with Crippen molar-refractivity contribution in [1.29, 1.82) is 0 Å². The molecule has 1 N–H and O–H groups in total. The number of ether oxygens (including phenoxy) is 3. The van der Waals surface area contributed by atoms with E-state index in [4.69, 9.17) is 14.2 Å². The molecular formula is C20H22N2O4. The molecule has 2 aromatic carbocycles. The first-order valence-corrected chi connectivity index (χ1v) is 8.36. The van der Waals surface area contributed by atoms with Gasteiger partial charge in [0.15, 0.2) is 0 Å². The van der Waals surface area contributed by atoms with Crippen LogP contribution in [0.3, 0.4) is 0 Å². The van der Waals surface area contributed by atoms with Crippen LogP contribution in [0.15, 0.2) is 47.6 Å². The Hall–Kier alpha value is -3.02. The van der Waals surface area contributed by atoms with Crippen LogP contribution < -0.4 is 19.6 Å². The summed E-state index contributed by atoms with van der Waals surface area (Å²) in [5.74, 6) is 2.07. The Labute approximate surface area is 152 Å². The number of benzene rings is 2. The van der Waals surface area contributed by atoms with E-state index < -0.39 is 0 Å². The molecule has 1 amide bonds. The van der Waals surface area contributed by atoms with Crippen LogP contribution in [0.5, 0.6) is 17.2 Å². The van der Waals surface area contributed by atoms with Crippen LogP contribution in [-0.4, -0.2) is 32.9 Å². The predicted octanol–water partition coefficient (Wildman–Crippen LogP) is 3.11. The Kier molecular flexibility index (Phi) is 5.41. The van der Waals surface area contributed by atoms with Gasteiger partial charge in [-0.2, -0.15) is 5.10 Å². The number of nitrogens with zero attached hydrogens (tertiary/aromatic N) is 1. The minimum Gasteiger partial charge on any atom is -0.497 e. The van der Waals surface area contributed by atoms with Gasteiger partial charge in [-0.3, -0.25) is 4.79 Å². The Morgan fingerprint density at radius 2 is 1.62 bits per heavy atom. The van der Waals surface area contributed by atoms with Crippen LogP contribution in [-0.2, 0) is 4.79 Å². The average Bonchev–Trinajstić information content (AvgIpc) is 2.89. The molecule has 0 saturated heterocycles. The monoisotopic (exact) mass is 354 g/mol. The molecule has 26 heavy (non-hydrogen) atoms. The lowest BCUT2D eigenvalue weighted by Gasteiger charge is -2.17. The minimum absolute atomic E-state index is 0.0222. The normalized spacial score (nSPS) is 17.0. The molecule has 0 spiro atoms. The highest BCUT2D eigenvalue weighted by molar-refractivity contribution is 6.04. The van der Waals surface area contributed by atoms with Gasteiger partial charge in [-0.1, -0.05) is 12.1 Å². The third kappa shape index (κ3) is 3.79. The quantitative estimate of drug-likeness (QED) is 0.896. The van der Waals surface area contributed by atoms with Crippen molar-refractivity contribution in [3.05, 3.63) is 53.6 Å². The van der Waals surface area contributed by atoms with Crippen molar-refractivity contribution in [3.63, 3.8) is 0 Å². The summed E-state index contributed by atoms with van der Waals surface area (Å²) in [6, 6.07) is 13.4. The standard InChI is InChI=1S/C20H22N2O4/c1-24-15-6-4-13(5-7-15)14-10-18(21-22-20(23)11-14)17-9-8-16(25-2)12-19(17)26-3/h4-9,12,14H,10-11H2,1-3H3,(H,22,23). The van der Waals surface area contributed by atoms with E-state index in [0.717, 1.165) is 22.6 Å². The second-order valence-electron chi connectivity index (χ2n) is 6.04. The molecule has 6 nitrogen and oxygen atoms in total. The smallest absolute Gasteiger partial charge is 0.240 e. The SMILES string of the molecule is COc1ccc(C2CC(=O)NN=C(c3ccc(OC)cc3OC)C2)cc1. The number of hydrogen-bond acceptors (Lipinski definition) is 5. The van der Waals surface area contributed by atoms with Gasteiger partial charge >= 0.3 is 0 Å². The number of rotatable bonds is 5. The molecule has 0 saturated carbocycles. The zero-order chi connectivity index (χ0) is 18.5. The van der Waals surface area contributed by atoms with Crippen LogP contribution in [0, 0.1) is 0 Å². The van der Waals surface area contributed by atoms with E-state index in [2.05, 4.69) is 10.5 Å². The molecule has 0 bridgehead atoms. The highest BCUT2D eigenvalue weighted by atomic mass is 16.5. The molecule has 0 aromatic heterocycles. The maximum Gasteiger partial charge on any atom is 0.240 e. The van der Waals surface area contributed by atoms with Gasteiger partial charge in [0.2, 0.25) is 5.91 Å². The number of hydrazone groups is 1. The van der Waals surface area contributed by atoms with E-state index in [1.54, 1.807) is 21.3 Å². The summed E-state index contributed by atoms with van der Waals surface area (Å²) in [6.07, 6.45) is 0.992. The molecule has 0 radical (unpaired) electrons. The summed E-state index contributed by atoms with van der Waals surface area (Å²) in [7, 11) is 4.85. The van der Waals surface area contributed by atoms with Gasteiger partial charge in [-0.15, -0.1) is 0 Å². The van der Waals surface area contributed by atoms with Gasteiger partial charge in [-0.05, 0) is 42.2 Å². The second-order valence-corrected chi connectivity index (χ2v) is 6.04. The summed E-state index contributed by atoms with van der Waals surface area (Å²) in [5.41, 5.74) is 5.32. The lowest BCUT2D eigenvalue weighted by atomic mass is 9.88. The number of carbonyl (C=O) groups excluding carboxylic acids is 1. The Balaban J connectivity index is 1.93. The van der Waals surface area contributed by atoms with Crippen LogP contribution in [0.1, 0.15) is 29.9 Å². The predicted molar refractivity (Wildman–Crippen MR) is 99.2 cm³/mol. The molecule has 0 aliphatic carbocycles. The third-order valence-electron chi connectivity index (χ3n) is 4.49. The van der Waals surface area contributed by atoms with Gasteiger partial charge < -0.3 is 14.2 Å². The van der Waals surface area contributed by atoms with Crippen LogP contribution in [0.2, 0.25) is 0 Å². The summed E-state index contributed by atoms with van der Waals surface area (Å²) in [6.45, 7) is 0. The number of amides is 1. The van der Waals surface area contributed by atoms with Crippen molar-refractivity contribution >= 4 is 11.6 Å². The molecule has 3 rings (SSSR count). The van der Waals surface area contributed by atoms with Gasteiger partial charge in [0.25, 0.3) is 0 Å². The maximum absolute atomic E-state index is 12.1. The number of methoxy groups -OCH3 is 3.